The highest BCUT2D eigenvalue weighted by Crippen LogP contribution is 2.26. The number of hydrogen-bond acceptors (Lipinski definition) is 1. The molecule has 0 aliphatic carbocycles. The van der Waals surface area contributed by atoms with E-state index in [9.17, 15) is 0 Å². The van der Waals surface area contributed by atoms with Crippen molar-refractivity contribution >= 4 is 0 Å². The maximum absolute atomic E-state index is 6.15. The Balaban J connectivity index is 2.77. The highest BCUT2D eigenvalue weighted by atomic mass is 14.6. The number of nitrogens with two attached hydrogens (primary N) is 1. The Bertz CT molecular complexity index is 412. The molecule has 1 aromatic carbocycles. The third kappa shape index (κ3) is 4.94. The van der Waals surface area contributed by atoms with Crippen LogP contribution in [0.4, 0.5) is 0 Å². The zero-order valence-corrected chi connectivity index (χ0v) is 14.3. The van der Waals surface area contributed by atoms with E-state index in [4.69, 9.17) is 5.73 Å². The van der Waals surface area contributed by atoms with E-state index in [2.05, 4.69) is 59.7 Å². The van der Waals surface area contributed by atoms with Gasteiger partial charge < -0.3 is 5.73 Å². The second-order valence-corrected chi connectivity index (χ2v) is 7.39. The van der Waals surface area contributed by atoms with E-state index in [0.29, 0.717) is 12.0 Å². The second kappa shape index (κ2) is 7.26. The molecule has 0 saturated carbocycles. The molecule has 2 N–H and O–H groups in total. The lowest BCUT2D eigenvalue weighted by Crippen LogP contribution is -2.26. The van der Waals surface area contributed by atoms with Crippen molar-refractivity contribution in [1.29, 1.82) is 0 Å². The molecule has 0 aromatic heterocycles. The minimum Gasteiger partial charge on any atom is -0.327 e. The molecule has 1 heteroatoms. The fourth-order valence-electron chi connectivity index (χ4n) is 2.53. The minimum absolute atomic E-state index is 0.232. The van der Waals surface area contributed by atoms with Crippen molar-refractivity contribution < 1.29 is 0 Å². The summed E-state index contributed by atoms with van der Waals surface area (Å²) in [7, 11) is 0. The predicted octanol–water partition coefficient (Wildman–Crippen LogP) is 4.85. The first kappa shape index (κ1) is 17.2. The van der Waals surface area contributed by atoms with Crippen LogP contribution < -0.4 is 5.73 Å². The van der Waals surface area contributed by atoms with E-state index in [-0.39, 0.29) is 5.41 Å². The van der Waals surface area contributed by atoms with Crippen LogP contribution in [-0.2, 0) is 18.3 Å². The smallest absolute Gasteiger partial charge is 0.00620 e. The van der Waals surface area contributed by atoms with E-state index < -0.39 is 0 Å². The van der Waals surface area contributed by atoms with Gasteiger partial charge in [0.25, 0.3) is 0 Å². The van der Waals surface area contributed by atoms with Crippen LogP contribution >= 0.6 is 0 Å². The van der Waals surface area contributed by atoms with Gasteiger partial charge in [0.05, 0.1) is 0 Å². The molecule has 0 amide bonds. The average Bonchev–Trinajstić information content (AvgIpc) is 2.37. The van der Waals surface area contributed by atoms with E-state index in [1.807, 2.05) is 0 Å². The van der Waals surface area contributed by atoms with Gasteiger partial charge in [-0.25, -0.2) is 0 Å². The summed E-state index contributed by atoms with van der Waals surface area (Å²) in [5, 5.41) is 0. The van der Waals surface area contributed by atoms with Crippen LogP contribution in [0.1, 0.15) is 71.1 Å². The topological polar surface area (TPSA) is 26.0 Å². The molecule has 1 aromatic rings. The van der Waals surface area contributed by atoms with Crippen molar-refractivity contribution in [3.8, 4) is 0 Å². The molecular formula is C19H33N. The van der Waals surface area contributed by atoms with Crippen LogP contribution in [0, 0.1) is 5.92 Å². The molecule has 1 atom stereocenters. The van der Waals surface area contributed by atoms with Gasteiger partial charge in [-0.2, -0.15) is 0 Å². The van der Waals surface area contributed by atoms with Gasteiger partial charge in [0.15, 0.2) is 0 Å². The highest BCUT2D eigenvalue weighted by molar-refractivity contribution is 5.35. The molecule has 20 heavy (non-hydrogen) atoms. The lowest BCUT2D eigenvalue weighted by molar-refractivity contribution is 0.452. The fraction of sp³-hybridized carbons (Fsp3) is 0.684. The second-order valence-electron chi connectivity index (χ2n) is 7.39. The van der Waals surface area contributed by atoms with Gasteiger partial charge in [-0.15, -0.1) is 0 Å². The Kier molecular flexibility index (Phi) is 6.26. The summed E-state index contributed by atoms with van der Waals surface area (Å²) in [6.07, 6.45) is 4.60. The van der Waals surface area contributed by atoms with Gasteiger partial charge in [-0.3, -0.25) is 0 Å². The largest absolute Gasteiger partial charge is 0.327 e. The minimum atomic E-state index is 0.232. The van der Waals surface area contributed by atoms with Crippen LogP contribution in [0.25, 0.3) is 0 Å². The lowest BCUT2D eigenvalue weighted by Gasteiger charge is -2.22. The van der Waals surface area contributed by atoms with Gasteiger partial charge in [-0.1, -0.05) is 59.7 Å². The zero-order valence-electron chi connectivity index (χ0n) is 14.3. The van der Waals surface area contributed by atoms with E-state index in [1.54, 1.807) is 0 Å². The third-order valence-electron chi connectivity index (χ3n) is 4.29. The summed E-state index contributed by atoms with van der Waals surface area (Å²) >= 11 is 0. The molecule has 0 spiro atoms. The molecule has 1 unspecified atom stereocenters. The Labute approximate surface area is 126 Å². The van der Waals surface area contributed by atoms with Gasteiger partial charge in [-0.05, 0) is 53.7 Å². The molecule has 0 bridgehead atoms. The zero-order chi connectivity index (χ0) is 15.3. The molecule has 0 aliphatic rings. The summed E-state index contributed by atoms with van der Waals surface area (Å²) in [4.78, 5) is 0. The van der Waals surface area contributed by atoms with E-state index in [1.165, 1.54) is 23.1 Å². The molecule has 0 aliphatic heterocycles. The quantitative estimate of drug-likeness (QED) is 0.789. The lowest BCUT2D eigenvalue weighted by atomic mass is 9.84. The van der Waals surface area contributed by atoms with Crippen molar-refractivity contribution in [3.05, 3.63) is 34.9 Å². The van der Waals surface area contributed by atoms with Crippen molar-refractivity contribution in [2.45, 2.75) is 78.7 Å². The van der Waals surface area contributed by atoms with Gasteiger partial charge in [0.1, 0.15) is 0 Å². The first-order valence-corrected chi connectivity index (χ1v) is 8.13. The molecule has 0 saturated heterocycles. The van der Waals surface area contributed by atoms with Crippen LogP contribution in [0.15, 0.2) is 18.2 Å². The van der Waals surface area contributed by atoms with Crippen LogP contribution in [0.3, 0.4) is 0 Å². The molecule has 0 radical (unpaired) electrons. The van der Waals surface area contributed by atoms with Crippen molar-refractivity contribution in [1.82, 2.24) is 0 Å². The number of benzene rings is 1. The van der Waals surface area contributed by atoms with Crippen molar-refractivity contribution in [2.24, 2.45) is 11.7 Å². The molecule has 0 fully saturated rings. The Morgan fingerprint density at radius 3 is 2.25 bits per heavy atom. The Hall–Kier alpha value is -0.820. The normalized spacial score (nSPS) is 13.8. The van der Waals surface area contributed by atoms with Gasteiger partial charge in [0, 0.05) is 6.04 Å². The van der Waals surface area contributed by atoms with Crippen LogP contribution in [0.5, 0.6) is 0 Å². The highest BCUT2D eigenvalue weighted by Gasteiger charge is 2.15. The maximum atomic E-state index is 6.15. The van der Waals surface area contributed by atoms with Crippen molar-refractivity contribution in [3.63, 3.8) is 0 Å². The Morgan fingerprint density at radius 1 is 1.10 bits per heavy atom. The average molecular weight is 275 g/mol. The molecule has 1 nitrogen and oxygen atoms in total. The monoisotopic (exact) mass is 275 g/mol. The summed E-state index contributed by atoms with van der Waals surface area (Å²) in [5.41, 5.74) is 10.8. The number of hydrogen-bond donors (Lipinski definition) is 1. The van der Waals surface area contributed by atoms with E-state index >= 15 is 0 Å². The van der Waals surface area contributed by atoms with Crippen LogP contribution in [-0.4, -0.2) is 6.04 Å². The standard InChI is InChI=1S/C19H33N/c1-7-15-11-12-17(19(4,5)6)13-16(15)9-8-10-18(20)14(2)3/h11-14,18H,7-10,20H2,1-6H3. The molecule has 114 valence electrons. The summed E-state index contributed by atoms with van der Waals surface area (Å²) in [6.45, 7) is 13.5. The number of aryl methyl sites for hydroxylation is 2. The molecule has 0 heterocycles. The Morgan fingerprint density at radius 2 is 1.75 bits per heavy atom. The summed E-state index contributed by atoms with van der Waals surface area (Å²) in [5.74, 6) is 0.585. The SMILES string of the molecule is CCc1ccc(C(C)(C)C)cc1CCCC(N)C(C)C. The third-order valence-corrected chi connectivity index (χ3v) is 4.29. The van der Waals surface area contributed by atoms with Gasteiger partial charge in [0.2, 0.25) is 0 Å². The summed E-state index contributed by atoms with van der Waals surface area (Å²) < 4.78 is 0. The first-order valence-electron chi connectivity index (χ1n) is 8.13. The predicted molar refractivity (Wildman–Crippen MR) is 90.3 cm³/mol. The van der Waals surface area contributed by atoms with Gasteiger partial charge >= 0.3 is 0 Å². The maximum Gasteiger partial charge on any atom is 0.00620 e. The first-order chi connectivity index (χ1) is 9.25. The van der Waals surface area contributed by atoms with Crippen molar-refractivity contribution in [2.75, 3.05) is 0 Å². The molecule has 1 rings (SSSR count). The van der Waals surface area contributed by atoms with Crippen LogP contribution in [0.2, 0.25) is 0 Å². The fourth-order valence-corrected chi connectivity index (χ4v) is 2.53. The number of rotatable bonds is 6. The van der Waals surface area contributed by atoms with E-state index in [0.717, 1.165) is 19.3 Å². The molecular weight excluding hydrogens is 242 g/mol. The summed E-state index contributed by atoms with van der Waals surface area (Å²) in [6, 6.07) is 7.37.